The Balaban J connectivity index is 1.53. The van der Waals surface area contributed by atoms with Gasteiger partial charge in [-0.25, -0.2) is 14.8 Å². The maximum Gasteiger partial charge on any atom is 0.410 e. The van der Waals surface area contributed by atoms with Gasteiger partial charge in [-0.05, 0) is 20.8 Å². The van der Waals surface area contributed by atoms with Crippen LogP contribution in [0.15, 0.2) is 6.33 Å². The average molecular weight is 302 g/mol. The Bertz CT molecular complexity index is 633. The molecule has 0 bridgehead atoms. The monoisotopic (exact) mass is 302 g/mol. The van der Waals surface area contributed by atoms with Crippen molar-refractivity contribution in [1.82, 2.24) is 19.9 Å². The topological polar surface area (TPSA) is 95.2 Å². The Hall–Kier alpha value is -2.43. The summed E-state index contributed by atoms with van der Waals surface area (Å²) in [6.07, 6.45) is 1.09. The highest BCUT2D eigenvalue weighted by atomic mass is 16.6. The lowest BCUT2D eigenvalue weighted by molar-refractivity contribution is -0.0456. The average Bonchev–Trinajstić information content (AvgIpc) is 2.33. The van der Waals surface area contributed by atoms with Crippen LogP contribution in [0.4, 0.5) is 10.7 Å². The lowest BCUT2D eigenvalue weighted by atomic mass is 9.73. The molecule has 0 saturated carbocycles. The molecule has 0 radical (unpaired) electrons. The van der Waals surface area contributed by atoms with Crippen molar-refractivity contribution in [3.8, 4) is 6.07 Å². The van der Waals surface area contributed by atoms with Gasteiger partial charge in [0.1, 0.15) is 18.0 Å². The van der Waals surface area contributed by atoms with Gasteiger partial charge in [0, 0.05) is 31.6 Å². The van der Waals surface area contributed by atoms with Crippen LogP contribution < -0.4 is 4.90 Å². The summed E-state index contributed by atoms with van der Waals surface area (Å²) in [7, 11) is 0. The molecular formula is C14H18N6O2. The molecule has 3 rings (SSSR count). The molecule has 2 saturated heterocycles. The number of rotatable bonds is 1. The second kappa shape index (κ2) is 4.80. The number of anilines is 1. The van der Waals surface area contributed by atoms with Crippen molar-refractivity contribution >= 4 is 12.0 Å². The summed E-state index contributed by atoms with van der Waals surface area (Å²) in [5.74, 6) is 0.642. The van der Waals surface area contributed by atoms with E-state index in [4.69, 9.17) is 10.00 Å². The highest BCUT2D eigenvalue weighted by Crippen LogP contribution is 2.41. The van der Waals surface area contributed by atoms with Crippen molar-refractivity contribution in [1.29, 1.82) is 5.26 Å². The van der Waals surface area contributed by atoms with E-state index in [1.807, 2.05) is 31.7 Å². The molecule has 1 amide bonds. The first-order chi connectivity index (χ1) is 10.3. The quantitative estimate of drug-likeness (QED) is 0.757. The highest BCUT2D eigenvalue weighted by Gasteiger charge is 2.54. The molecule has 3 heterocycles. The molecule has 2 fully saturated rings. The van der Waals surface area contributed by atoms with E-state index in [0.717, 1.165) is 13.1 Å². The summed E-state index contributed by atoms with van der Waals surface area (Å²) in [5, 5.41) is 8.80. The number of aromatic nitrogens is 3. The fourth-order valence-corrected chi connectivity index (χ4v) is 2.82. The number of carbonyl (C=O) groups is 1. The summed E-state index contributed by atoms with van der Waals surface area (Å²) < 4.78 is 5.35. The lowest BCUT2D eigenvalue weighted by Crippen LogP contribution is -2.73. The van der Waals surface area contributed by atoms with Crippen LogP contribution in [0, 0.1) is 16.7 Å². The predicted molar refractivity (Wildman–Crippen MR) is 77.0 cm³/mol. The SMILES string of the molecule is CC(C)(C)OC(=O)N1CC2(C1)CN(c1ncnc(C#N)n1)C2. The summed E-state index contributed by atoms with van der Waals surface area (Å²) in [4.78, 5) is 27.6. The molecule has 1 aromatic rings. The molecule has 0 aromatic carbocycles. The van der Waals surface area contributed by atoms with Crippen molar-refractivity contribution in [2.75, 3.05) is 31.1 Å². The van der Waals surface area contributed by atoms with Crippen LogP contribution in [-0.2, 0) is 4.74 Å². The van der Waals surface area contributed by atoms with E-state index in [9.17, 15) is 4.79 Å². The van der Waals surface area contributed by atoms with Gasteiger partial charge in [0.25, 0.3) is 0 Å². The van der Waals surface area contributed by atoms with Gasteiger partial charge in [-0.1, -0.05) is 0 Å². The summed E-state index contributed by atoms with van der Waals surface area (Å²) in [6.45, 7) is 8.52. The minimum absolute atomic E-state index is 0.107. The van der Waals surface area contributed by atoms with E-state index >= 15 is 0 Å². The van der Waals surface area contributed by atoms with Crippen LogP contribution in [-0.4, -0.2) is 57.7 Å². The number of carbonyl (C=O) groups excluding carboxylic acids is 1. The number of nitriles is 1. The summed E-state index contributed by atoms with van der Waals surface area (Å²) in [5.41, 5.74) is -0.361. The van der Waals surface area contributed by atoms with Crippen molar-refractivity contribution in [3.63, 3.8) is 0 Å². The standard InChI is InChI=1S/C14H18N6O2/c1-13(2,3)22-12(21)20-7-14(8-20)5-19(6-14)11-17-9-16-10(4-15)18-11/h9H,5-8H2,1-3H3. The fourth-order valence-electron chi connectivity index (χ4n) is 2.82. The molecule has 116 valence electrons. The minimum atomic E-state index is -0.468. The van der Waals surface area contributed by atoms with E-state index in [1.54, 1.807) is 4.90 Å². The maximum absolute atomic E-state index is 11.9. The third-order valence-corrected chi connectivity index (χ3v) is 3.70. The zero-order valence-electron chi connectivity index (χ0n) is 12.9. The zero-order chi connectivity index (χ0) is 16.0. The van der Waals surface area contributed by atoms with Crippen LogP contribution in [0.3, 0.4) is 0 Å². The van der Waals surface area contributed by atoms with Crippen molar-refractivity contribution in [2.45, 2.75) is 26.4 Å². The number of likely N-dealkylation sites (tertiary alicyclic amines) is 1. The number of hydrogen-bond donors (Lipinski definition) is 0. The zero-order valence-corrected chi connectivity index (χ0v) is 12.9. The van der Waals surface area contributed by atoms with E-state index in [1.165, 1.54) is 6.33 Å². The molecule has 2 aliphatic heterocycles. The highest BCUT2D eigenvalue weighted by molar-refractivity contribution is 5.70. The number of hydrogen-bond acceptors (Lipinski definition) is 7. The second-order valence-electron chi connectivity index (χ2n) is 6.91. The molecule has 0 aliphatic carbocycles. The Morgan fingerprint density at radius 1 is 1.32 bits per heavy atom. The molecule has 8 nitrogen and oxygen atoms in total. The molecule has 8 heteroatoms. The number of ether oxygens (including phenoxy) is 1. The van der Waals surface area contributed by atoms with Crippen LogP contribution in [0.1, 0.15) is 26.6 Å². The van der Waals surface area contributed by atoms with Crippen LogP contribution in [0.5, 0.6) is 0 Å². The third kappa shape index (κ3) is 2.66. The van der Waals surface area contributed by atoms with Crippen LogP contribution in [0.2, 0.25) is 0 Å². The van der Waals surface area contributed by atoms with Gasteiger partial charge in [-0.3, -0.25) is 0 Å². The Morgan fingerprint density at radius 3 is 2.59 bits per heavy atom. The molecule has 0 N–H and O–H groups in total. The smallest absolute Gasteiger partial charge is 0.410 e. The summed E-state index contributed by atoms with van der Waals surface area (Å²) >= 11 is 0. The largest absolute Gasteiger partial charge is 0.444 e. The van der Waals surface area contributed by atoms with Gasteiger partial charge in [-0.2, -0.15) is 10.2 Å². The molecule has 1 aromatic heterocycles. The second-order valence-corrected chi connectivity index (χ2v) is 6.91. The molecular weight excluding hydrogens is 284 g/mol. The van der Waals surface area contributed by atoms with Crippen molar-refractivity contribution < 1.29 is 9.53 Å². The van der Waals surface area contributed by atoms with Crippen LogP contribution >= 0.6 is 0 Å². The van der Waals surface area contributed by atoms with E-state index < -0.39 is 5.60 Å². The van der Waals surface area contributed by atoms with Gasteiger partial charge in [0.2, 0.25) is 11.8 Å². The Morgan fingerprint density at radius 2 is 2.00 bits per heavy atom. The van der Waals surface area contributed by atoms with Gasteiger partial charge in [0.05, 0.1) is 0 Å². The van der Waals surface area contributed by atoms with Crippen molar-refractivity contribution in [2.24, 2.45) is 5.41 Å². The van der Waals surface area contributed by atoms with Crippen LogP contribution in [0.25, 0.3) is 0 Å². The minimum Gasteiger partial charge on any atom is -0.444 e. The van der Waals surface area contributed by atoms with E-state index in [0.29, 0.717) is 19.0 Å². The van der Waals surface area contributed by atoms with Gasteiger partial charge in [-0.15, -0.1) is 0 Å². The lowest BCUT2D eigenvalue weighted by Gasteiger charge is -2.59. The number of amides is 1. The first-order valence-electron chi connectivity index (χ1n) is 7.12. The van der Waals surface area contributed by atoms with E-state index in [2.05, 4.69) is 15.0 Å². The Labute approximate surface area is 128 Å². The van der Waals surface area contributed by atoms with Gasteiger partial charge >= 0.3 is 6.09 Å². The molecule has 22 heavy (non-hydrogen) atoms. The molecule has 0 unspecified atom stereocenters. The fraction of sp³-hybridized carbons (Fsp3) is 0.643. The van der Waals surface area contributed by atoms with Gasteiger partial charge in [0.15, 0.2) is 0 Å². The molecule has 1 spiro atoms. The van der Waals surface area contributed by atoms with Gasteiger partial charge < -0.3 is 14.5 Å². The predicted octanol–water partition coefficient (Wildman–Crippen LogP) is 0.800. The first-order valence-corrected chi connectivity index (χ1v) is 7.12. The number of nitrogens with zero attached hydrogens (tertiary/aromatic N) is 6. The third-order valence-electron chi connectivity index (χ3n) is 3.70. The molecule has 2 aliphatic rings. The van der Waals surface area contributed by atoms with Crippen molar-refractivity contribution in [3.05, 3.63) is 12.2 Å². The summed E-state index contributed by atoms with van der Waals surface area (Å²) in [6, 6.07) is 1.90. The van der Waals surface area contributed by atoms with E-state index in [-0.39, 0.29) is 17.3 Å². The normalized spacial score (nSPS) is 19.2. The molecule has 0 atom stereocenters. The Kier molecular flexibility index (Phi) is 3.16. The maximum atomic E-state index is 11.9. The first kappa shape index (κ1) is 14.5.